The molecule has 0 radical (unpaired) electrons. The molecule has 0 heterocycles. The van der Waals surface area contributed by atoms with Crippen molar-refractivity contribution in [2.75, 3.05) is 0 Å². The van der Waals surface area contributed by atoms with Crippen LogP contribution in [0.4, 0.5) is 0 Å². The molecule has 0 bridgehead atoms. The van der Waals surface area contributed by atoms with Gasteiger partial charge >= 0.3 is 54.8 Å². The van der Waals surface area contributed by atoms with Crippen LogP contribution in [0.3, 0.4) is 0 Å². The van der Waals surface area contributed by atoms with Crippen LogP contribution in [-0.2, 0) is 3.08 Å². The third kappa shape index (κ3) is 6.89. The van der Waals surface area contributed by atoms with E-state index in [4.69, 9.17) is 8.92 Å². The van der Waals surface area contributed by atoms with Gasteiger partial charge in [-0.3, -0.25) is 0 Å². The van der Waals surface area contributed by atoms with Crippen LogP contribution in [0.15, 0.2) is 0 Å². The molecule has 0 aromatic heterocycles. The SMILES string of the molecule is CCC[CH2][Sn](=[O])[Cl]. The summed E-state index contributed by atoms with van der Waals surface area (Å²) in [7, 11) is 5.30. The van der Waals surface area contributed by atoms with Crippen molar-refractivity contribution in [3.05, 3.63) is 0 Å². The standard InChI is InChI=1S/C4H9.ClH.O.Sn/c1-3-4-2;;;/h1,3-4H2,2H3;1H;;/q;;;+1/p-1. The molecule has 0 aromatic rings. The summed E-state index contributed by atoms with van der Waals surface area (Å²) in [4.78, 5) is 0. The summed E-state index contributed by atoms with van der Waals surface area (Å²) >= 11 is -2.42. The summed E-state index contributed by atoms with van der Waals surface area (Å²) in [5.74, 6) is 0. The van der Waals surface area contributed by atoms with Gasteiger partial charge in [0.2, 0.25) is 0 Å². The van der Waals surface area contributed by atoms with E-state index in [1.165, 1.54) is 0 Å². The molecule has 0 N–H and O–H groups in total. The predicted octanol–water partition coefficient (Wildman–Crippen LogP) is 1.94. The van der Waals surface area contributed by atoms with Crippen LogP contribution >= 0.6 is 8.92 Å². The molecule has 0 saturated carbocycles. The van der Waals surface area contributed by atoms with Crippen molar-refractivity contribution in [1.82, 2.24) is 0 Å². The van der Waals surface area contributed by atoms with Crippen LogP contribution in [-0.4, -0.2) is 18.6 Å². The van der Waals surface area contributed by atoms with Crippen LogP contribution < -0.4 is 0 Å². The topological polar surface area (TPSA) is 17.1 Å². The van der Waals surface area contributed by atoms with Crippen LogP contribution in [0.5, 0.6) is 0 Å². The zero-order valence-electron chi connectivity index (χ0n) is 4.41. The average Bonchev–Trinajstić information content (AvgIpc) is 1.61. The van der Waals surface area contributed by atoms with Crippen LogP contribution in [0.25, 0.3) is 0 Å². The van der Waals surface area contributed by atoms with Crippen LogP contribution in [0, 0.1) is 0 Å². The van der Waals surface area contributed by atoms with Gasteiger partial charge in [-0.25, -0.2) is 0 Å². The minimum absolute atomic E-state index is 0.806. The molecule has 0 aliphatic heterocycles. The monoisotopic (exact) mass is 228 g/mol. The van der Waals surface area contributed by atoms with E-state index in [0.29, 0.717) is 0 Å². The van der Waals surface area contributed by atoms with Crippen molar-refractivity contribution in [2.45, 2.75) is 24.2 Å². The van der Waals surface area contributed by atoms with Crippen LogP contribution in [0.1, 0.15) is 19.8 Å². The van der Waals surface area contributed by atoms with Gasteiger partial charge in [-0.1, -0.05) is 0 Å². The number of rotatable bonds is 3. The van der Waals surface area contributed by atoms with Gasteiger partial charge in [0.1, 0.15) is 0 Å². The van der Waals surface area contributed by atoms with Gasteiger partial charge in [-0.15, -0.1) is 0 Å². The molecule has 0 atom stereocenters. The Balaban J connectivity index is 2.82. The van der Waals surface area contributed by atoms with Gasteiger partial charge in [0.05, 0.1) is 0 Å². The quantitative estimate of drug-likeness (QED) is 0.673. The molecule has 0 fully saturated rings. The first-order chi connectivity index (χ1) is 3.27. The number of halogens is 1. The first-order valence-electron chi connectivity index (χ1n) is 2.45. The Kier molecular flexibility index (Phi) is 5.67. The van der Waals surface area contributed by atoms with E-state index in [1.807, 2.05) is 0 Å². The van der Waals surface area contributed by atoms with E-state index in [-0.39, 0.29) is 0 Å². The maximum absolute atomic E-state index is 10.2. The van der Waals surface area contributed by atoms with Gasteiger partial charge in [0.25, 0.3) is 0 Å². The minimum atomic E-state index is -2.42. The Bertz CT molecular complexity index is 64.7. The Morgan fingerprint density at radius 3 is 2.43 bits per heavy atom. The fourth-order valence-corrected chi connectivity index (χ4v) is 3.01. The molecule has 42 valence electrons. The molecule has 3 heteroatoms. The summed E-state index contributed by atoms with van der Waals surface area (Å²) in [6, 6.07) is 0. The maximum atomic E-state index is 10.2. The van der Waals surface area contributed by atoms with Gasteiger partial charge in [-0.05, 0) is 0 Å². The number of hydrogen-bond acceptors (Lipinski definition) is 1. The second kappa shape index (κ2) is 5.03. The summed E-state index contributed by atoms with van der Waals surface area (Å²) in [5, 5.41) is 0. The van der Waals surface area contributed by atoms with Crippen molar-refractivity contribution in [1.29, 1.82) is 0 Å². The van der Waals surface area contributed by atoms with E-state index in [1.54, 1.807) is 0 Å². The number of hydrogen-bond donors (Lipinski definition) is 0. The summed E-state index contributed by atoms with van der Waals surface area (Å²) in [6.07, 6.45) is 2.15. The second-order valence-corrected chi connectivity index (χ2v) is 7.74. The van der Waals surface area contributed by atoms with Gasteiger partial charge < -0.3 is 0 Å². The second-order valence-electron chi connectivity index (χ2n) is 1.46. The fourth-order valence-electron chi connectivity index (χ4n) is 0.316. The summed E-state index contributed by atoms with van der Waals surface area (Å²) in [5.41, 5.74) is 0. The molecule has 1 nitrogen and oxygen atoms in total. The van der Waals surface area contributed by atoms with E-state index < -0.39 is 18.6 Å². The Hall–Kier alpha value is 0.889. The van der Waals surface area contributed by atoms with Gasteiger partial charge in [-0.2, -0.15) is 0 Å². The van der Waals surface area contributed by atoms with Crippen LogP contribution in [0.2, 0.25) is 4.44 Å². The summed E-state index contributed by atoms with van der Waals surface area (Å²) in [6.45, 7) is 2.07. The average molecular weight is 227 g/mol. The normalized spacial score (nSPS) is 8.86. The van der Waals surface area contributed by atoms with Crippen molar-refractivity contribution in [2.24, 2.45) is 0 Å². The first kappa shape index (κ1) is 7.89. The van der Waals surface area contributed by atoms with Gasteiger partial charge in [0, 0.05) is 0 Å². The molecule has 0 rings (SSSR count). The Morgan fingerprint density at radius 2 is 2.29 bits per heavy atom. The Morgan fingerprint density at radius 1 is 1.71 bits per heavy atom. The van der Waals surface area contributed by atoms with E-state index in [9.17, 15) is 3.08 Å². The van der Waals surface area contributed by atoms with Crippen molar-refractivity contribution < 1.29 is 3.08 Å². The molecule has 0 amide bonds. The molecule has 0 saturated heterocycles. The third-order valence-electron chi connectivity index (χ3n) is 0.727. The van der Waals surface area contributed by atoms with E-state index in [2.05, 4.69) is 6.92 Å². The zero-order valence-corrected chi connectivity index (χ0v) is 8.02. The van der Waals surface area contributed by atoms with Crippen molar-refractivity contribution in [3.8, 4) is 0 Å². The van der Waals surface area contributed by atoms with Crippen molar-refractivity contribution >= 4 is 27.5 Å². The summed E-state index contributed by atoms with van der Waals surface area (Å²) < 4.78 is 11.1. The molecular formula is C4H9ClOSn. The third-order valence-corrected chi connectivity index (χ3v) is 4.13. The molecule has 0 aliphatic carbocycles. The predicted molar refractivity (Wildman–Crippen MR) is 32.0 cm³/mol. The van der Waals surface area contributed by atoms with Gasteiger partial charge in [0.15, 0.2) is 0 Å². The Labute approximate surface area is 54.9 Å². The molecule has 0 aromatic carbocycles. The fraction of sp³-hybridized carbons (Fsp3) is 1.00. The molecule has 0 unspecified atom stereocenters. The van der Waals surface area contributed by atoms with Crippen molar-refractivity contribution in [3.63, 3.8) is 0 Å². The molecule has 7 heavy (non-hydrogen) atoms. The van der Waals surface area contributed by atoms with E-state index >= 15 is 0 Å². The molecule has 0 spiro atoms. The molecule has 0 aliphatic rings. The van der Waals surface area contributed by atoms with E-state index in [0.717, 1.165) is 17.3 Å². The zero-order chi connectivity index (χ0) is 5.70. The first-order valence-corrected chi connectivity index (χ1v) is 9.25. The molecular weight excluding hydrogens is 218 g/mol. The number of unbranched alkanes of at least 4 members (excludes halogenated alkanes) is 1.